The van der Waals surface area contributed by atoms with E-state index in [0.717, 1.165) is 49.3 Å². The average Bonchev–Trinajstić information content (AvgIpc) is 3.54. The van der Waals surface area contributed by atoms with Gasteiger partial charge in [0.1, 0.15) is 17.2 Å². The van der Waals surface area contributed by atoms with Crippen LogP contribution in [-0.4, -0.2) is 24.7 Å². The molecule has 0 unspecified atom stereocenters. The van der Waals surface area contributed by atoms with Crippen molar-refractivity contribution < 1.29 is 0 Å². The minimum absolute atomic E-state index is 0.707. The summed E-state index contributed by atoms with van der Waals surface area (Å²) in [7, 11) is 0. The summed E-state index contributed by atoms with van der Waals surface area (Å²) in [4.78, 5) is 13.7. The number of thiazole rings is 1. The molecule has 6 rings (SSSR count). The van der Waals surface area contributed by atoms with Crippen LogP contribution in [-0.2, 0) is 0 Å². The van der Waals surface area contributed by atoms with E-state index in [1.165, 1.54) is 0 Å². The summed E-state index contributed by atoms with van der Waals surface area (Å²) in [6, 6.07) is 25.8. The maximum absolute atomic E-state index is 6.00. The maximum atomic E-state index is 6.00. The van der Waals surface area contributed by atoms with Gasteiger partial charge in [-0.15, -0.1) is 11.3 Å². The van der Waals surface area contributed by atoms with Crippen LogP contribution in [0.25, 0.3) is 38.5 Å². The zero-order chi connectivity index (χ0) is 22.9. The maximum Gasteiger partial charge on any atom is 0.168 e. The topological polar surface area (TPSA) is 68.5 Å². The molecule has 0 saturated carbocycles. The summed E-state index contributed by atoms with van der Waals surface area (Å²) in [5.74, 6) is 0.707. The minimum Gasteiger partial charge on any atom is -0.340 e. The lowest BCUT2D eigenvalue weighted by Crippen LogP contribution is -1.99. The van der Waals surface area contributed by atoms with Gasteiger partial charge in [-0.05, 0) is 36.4 Å². The highest BCUT2D eigenvalue weighted by Gasteiger charge is 2.12. The number of halogens is 1. The molecule has 8 heteroatoms. The molecule has 0 spiro atoms. The number of nitrogens with zero attached hydrogens (tertiary/aromatic N) is 5. The molecule has 0 aliphatic carbocycles. The van der Waals surface area contributed by atoms with E-state index in [2.05, 4.69) is 37.9 Å². The molecule has 0 bridgehead atoms. The first kappa shape index (κ1) is 20.5. The van der Waals surface area contributed by atoms with Gasteiger partial charge in [0.15, 0.2) is 5.65 Å². The number of benzene rings is 3. The number of fused-ring (bicyclic) bond motifs is 1. The first-order valence-corrected chi connectivity index (χ1v) is 11.8. The van der Waals surface area contributed by atoms with Crippen molar-refractivity contribution >= 4 is 45.5 Å². The summed E-state index contributed by atoms with van der Waals surface area (Å²) >= 11 is 7.61. The number of hydrogen-bond donors (Lipinski definition) is 1. The Hall–Kier alpha value is -4.07. The smallest absolute Gasteiger partial charge is 0.168 e. The number of hydrogen-bond acceptors (Lipinski definition) is 6. The van der Waals surface area contributed by atoms with E-state index in [9.17, 15) is 0 Å². The third kappa shape index (κ3) is 3.91. The number of rotatable bonds is 5. The molecule has 3 heterocycles. The van der Waals surface area contributed by atoms with Gasteiger partial charge in [0, 0.05) is 27.2 Å². The van der Waals surface area contributed by atoms with Gasteiger partial charge in [-0.3, -0.25) is 0 Å². The molecule has 0 amide bonds. The van der Waals surface area contributed by atoms with Crippen molar-refractivity contribution in [3.05, 3.63) is 102 Å². The van der Waals surface area contributed by atoms with Crippen LogP contribution in [0.5, 0.6) is 0 Å². The number of aromatic nitrogens is 5. The predicted octanol–water partition coefficient (Wildman–Crippen LogP) is 7.00. The lowest BCUT2D eigenvalue weighted by molar-refractivity contribution is 0.895. The van der Waals surface area contributed by atoms with Crippen LogP contribution >= 0.6 is 22.9 Å². The van der Waals surface area contributed by atoms with Gasteiger partial charge in [0.25, 0.3) is 0 Å². The molecule has 3 aromatic heterocycles. The molecular formula is C26H17ClN6S. The lowest BCUT2D eigenvalue weighted by atomic mass is 10.1. The van der Waals surface area contributed by atoms with Crippen molar-refractivity contribution in [2.75, 3.05) is 5.32 Å². The fourth-order valence-corrected chi connectivity index (χ4v) is 4.66. The number of nitrogens with one attached hydrogen (secondary N) is 1. The Labute approximate surface area is 204 Å². The Kier molecular flexibility index (Phi) is 5.25. The molecular weight excluding hydrogens is 464 g/mol. The molecule has 0 saturated heterocycles. The van der Waals surface area contributed by atoms with E-state index in [-0.39, 0.29) is 0 Å². The van der Waals surface area contributed by atoms with Crippen molar-refractivity contribution in [1.29, 1.82) is 0 Å². The van der Waals surface area contributed by atoms with E-state index in [1.807, 2.05) is 71.4 Å². The van der Waals surface area contributed by atoms with Crippen LogP contribution in [0.2, 0.25) is 5.02 Å². The average molecular weight is 481 g/mol. The minimum atomic E-state index is 0.707. The molecule has 3 aromatic carbocycles. The van der Waals surface area contributed by atoms with Crippen molar-refractivity contribution in [3.63, 3.8) is 0 Å². The molecule has 0 atom stereocenters. The molecule has 1 N–H and O–H groups in total. The highest BCUT2D eigenvalue weighted by Crippen LogP contribution is 2.31. The molecule has 6 aromatic rings. The second-order valence-corrected chi connectivity index (χ2v) is 8.89. The van der Waals surface area contributed by atoms with Crippen LogP contribution in [0, 0.1) is 0 Å². The van der Waals surface area contributed by atoms with Crippen LogP contribution in [0.1, 0.15) is 0 Å². The fourth-order valence-electron chi connectivity index (χ4n) is 3.69. The highest BCUT2D eigenvalue weighted by molar-refractivity contribution is 7.13. The van der Waals surface area contributed by atoms with Crippen molar-refractivity contribution in [2.24, 2.45) is 0 Å². The second kappa shape index (κ2) is 8.70. The first-order chi connectivity index (χ1) is 16.7. The molecule has 0 aliphatic heterocycles. The number of anilines is 2. The van der Waals surface area contributed by atoms with Crippen LogP contribution < -0.4 is 5.32 Å². The zero-order valence-electron chi connectivity index (χ0n) is 17.8. The van der Waals surface area contributed by atoms with Crippen LogP contribution in [0.15, 0.2) is 96.8 Å². The summed E-state index contributed by atoms with van der Waals surface area (Å²) in [6.45, 7) is 0. The second-order valence-electron chi connectivity index (χ2n) is 7.60. The quantitative estimate of drug-likeness (QED) is 0.287. The first-order valence-electron chi connectivity index (χ1n) is 10.6. The normalized spacial score (nSPS) is 11.1. The van der Waals surface area contributed by atoms with Crippen molar-refractivity contribution in [2.45, 2.75) is 0 Å². The van der Waals surface area contributed by atoms with E-state index >= 15 is 0 Å². The fraction of sp³-hybridized carbons (Fsp3) is 0. The van der Waals surface area contributed by atoms with E-state index < -0.39 is 0 Å². The Balaban J connectivity index is 1.25. The van der Waals surface area contributed by atoms with Crippen LogP contribution in [0.3, 0.4) is 0 Å². The van der Waals surface area contributed by atoms with Gasteiger partial charge in [0.2, 0.25) is 0 Å². The van der Waals surface area contributed by atoms with E-state index in [0.29, 0.717) is 5.82 Å². The van der Waals surface area contributed by atoms with Crippen molar-refractivity contribution in [3.8, 4) is 27.5 Å². The Morgan fingerprint density at radius 3 is 2.38 bits per heavy atom. The van der Waals surface area contributed by atoms with Gasteiger partial charge < -0.3 is 5.32 Å². The monoisotopic (exact) mass is 480 g/mol. The van der Waals surface area contributed by atoms with E-state index in [4.69, 9.17) is 16.6 Å². The Bertz CT molecular complexity index is 1570. The zero-order valence-corrected chi connectivity index (χ0v) is 19.3. The molecule has 0 radical (unpaired) electrons. The van der Waals surface area contributed by atoms with Gasteiger partial charge in [0.05, 0.1) is 23.0 Å². The molecule has 0 fully saturated rings. The highest BCUT2D eigenvalue weighted by atomic mass is 35.5. The summed E-state index contributed by atoms with van der Waals surface area (Å²) in [6.07, 6.45) is 3.33. The Morgan fingerprint density at radius 2 is 1.59 bits per heavy atom. The molecule has 6 nitrogen and oxygen atoms in total. The molecule has 164 valence electrons. The standard InChI is InChI=1S/C26H17ClN6S/c27-19-10-6-18(7-11-19)26-32-23(15-34-26)17-8-12-20(13-9-17)31-24-22-14-30-33(25(22)29-16-28-24)21-4-2-1-3-5-21/h1-16H,(H,28,29,31). The molecule has 34 heavy (non-hydrogen) atoms. The summed E-state index contributed by atoms with van der Waals surface area (Å²) in [5.41, 5.74) is 5.67. The van der Waals surface area contributed by atoms with Crippen molar-refractivity contribution in [1.82, 2.24) is 24.7 Å². The van der Waals surface area contributed by atoms with Crippen LogP contribution in [0.4, 0.5) is 11.5 Å². The van der Waals surface area contributed by atoms with E-state index in [1.54, 1.807) is 23.9 Å². The predicted molar refractivity (Wildman–Crippen MR) is 138 cm³/mol. The van der Waals surface area contributed by atoms with Gasteiger partial charge in [-0.25, -0.2) is 19.6 Å². The third-order valence-electron chi connectivity index (χ3n) is 5.41. The molecule has 0 aliphatic rings. The van der Waals surface area contributed by atoms with Gasteiger partial charge in [-0.1, -0.05) is 54.1 Å². The van der Waals surface area contributed by atoms with Gasteiger partial charge in [-0.2, -0.15) is 5.10 Å². The third-order valence-corrected chi connectivity index (χ3v) is 6.55. The summed E-state index contributed by atoms with van der Waals surface area (Å²) < 4.78 is 1.81. The SMILES string of the molecule is Clc1ccc(-c2nc(-c3ccc(Nc4ncnc5c4cnn5-c4ccccc4)cc3)cs2)cc1. The largest absolute Gasteiger partial charge is 0.340 e. The number of para-hydroxylation sites is 1. The van der Waals surface area contributed by atoms with Gasteiger partial charge >= 0.3 is 0 Å². The summed E-state index contributed by atoms with van der Waals surface area (Å²) in [5, 5.41) is 12.5. The Morgan fingerprint density at radius 1 is 0.824 bits per heavy atom. The lowest BCUT2D eigenvalue weighted by Gasteiger charge is -2.08.